The van der Waals surface area contributed by atoms with Crippen LogP contribution in [0.5, 0.6) is 0 Å². The summed E-state index contributed by atoms with van der Waals surface area (Å²) in [6, 6.07) is 14.1. The first-order valence-corrected chi connectivity index (χ1v) is 24.4. The molecule has 378 valence electrons. The van der Waals surface area contributed by atoms with Gasteiger partial charge in [-0.1, -0.05) is 55.5 Å². The van der Waals surface area contributed by atoms with Crippen molar-refractivity contribution in [2.75, 3.05) is 87.1 Å². The van der Waals surface area contributed by atoms with Gasteiger partial charge >= 0.3 is 11.9 Å². The number of nitrogens with zero attached hydrogens (tertiary/aromatic N) is 8. The molecule has 2 aromatic carbocycles. The molecule has 5 heterocycles. The second kappa shape index (κ2) is 28.7. The Kier molecular flexibility index (Phi) is 23.3. The fourth-order valence-electron chi connectivity index (χ4n) is 8.68. The minimum atomic E-state index is -0.421. The number of carbonyl (C=O) groups excluding carboxylic acids is 4. The van der Waals surface area contributed by atoms with E-state index in [0.29, 0.717) is 25.6 Å². The summed E-state index contributed by atoms with van der Waals surface area (Å²) in [4.78, 5) is 70.2. The van der Waals surface area contributed by atoms with Crippen molar-refractivity contribution in [3.8, 4) is 0 Å². The molecule has 1 N–H and O–H groups in total. The number of piperazine rings is 1. The Morgan fingerprint density at radius 1 is 0.855 bits per heavy atom. The van der Waals surface area contributed by atoms with E-state index in [2.05, 4.69) is 65.3 Å². The van der Waals surface area contributed by atoms with E-state index < -0.39 is 5.97 Å². The van der Waals surface area contributed by atoms with Crippen molar-refractivity contribution in [3.63, 3.8) is 0 Å². The Morgan fingerprint density at radius 2 is 1.46 bits per heavy atom. The molecular weight excluding hydrogens is 875 g/mol. The van der Waals surface area contributed by atoms with Gasteiger partial charge in [-0.05, 0) is 141 Å². The number of rotatable bonds is 13. The molecule has 69 heavy (non-hydrogen) atoms. The van der Waals surface area contributed by atoms with Gasteiger partial charge < -0.3 is 34.4 Å². The summed E-state index contributed by atoms with van der Waals surface area (Å²) >= 11 is 0. The van der Waals surface area contributed by atoms with E-state index in [1.807, 2.05) is 93.6 Å². The van der Waals surface area contributed by atoms with E-state index in [-0.39, 0.29) is 42.9 Å². The third-order valence-corrected chi connectivity index (χ3v) is 12.9. The first-order valence-electron chi connectivity index (χ1n) is 24.4. The minimum absolute atomic E-state index is 0.0876. The number of likely N-dealkylation sites (N-methyl/N-ethyl adjacent to an activating group) is 1. The molecule has 2 aromatic heterocycles. The van der Waals surface area contributed by atoms with Crippen LogP contribution < -0.4 is 10.9 Å². The number of carbonyl (C=O) groups is 4. The maximum atomic E-state index is 13.3. The number of benzene rings is 2. The molecule has 1 unspecified atom stereocenters. The van der Waals surface area contributed by atoms with E-state index in [1.165, 1.54) is 31.3 Å². The highest BCUT2D eigenvalue weighted by Crippen LogP contribution is 2.28. The SMILES string of the molecule is C/C=C\C=C/C.CC(=O)OCn1c(=O)c(C2CCN(C=O)CC2)cc2ccccc21.CCN(C)C.CNC(Cc1cc(C)c2nn(COC(C)=O)cc2c1)C(=O)N1CCN(C2CCN(C)CC2)CC1. The summed E-state index contributed by atoms with van der Waals surface area (Å²) < 4.78 is 13.3. The maximum absolute atomic E-state index is 13.3. The predicted octanol–water partition coefficient (Wildman–Crippen LogP) is 5.80. The van der Waals surface area contributed by atoms with Crippen molar-refractivity contribution in [3.05, 3.63) is 100 Å². The normalized spacial score (nSPS) is 16.7. The zero-order valence-electron chi connectivity index (χ0n) is 43.0. The highest BCUT2D eigenvalue weighted by molar-refractivity contribution is 5.84. The molecule has 2 amide bonds. The third kappa shape index (κ3) is 17.4. The van der Waals surface area contributed by atoms with Crippen LogP contribution in [0.1, 0.15) is 82.9 Å². The number of hydrogen-bond donors (Lipinski definition) is 1. The van der Waals surface area contributed by atoms with E-state index in [9.17, 15) is 24.0 Å². The van der Waals surface area contributed by atoms with Gasteiger partial charge in [0.1, 0.15) is 0 Å². The van der Waals surface area contributed by atoms with Gasteiger partial charge in [-0.25, -0.2) is 4.68 Å². The van der Waals surface area contributed by atoms with Gasteiger partial charge in [0.2, 0.25) is 12.3 Å². The van der Waals surface area contributed by atoms with Crippen molar-refractivity contribution in [1.82, 2.24) is 44.2 Å². The standard InChI is InChI=1S/C25H38N6O3.C18H20N2O4.C6H10.C4H11N/c1-18-13-20(14-21-16-31(27-24(18)21)17-34-19(2)32)15-23(26-3)25(33)30-11-9-29(10-12-30)22-5-7-28(4)8-6-22;1-13(22)24-12-20-17-5-3-2-4-15(17)10-16(18(20)23)14-6-8-19(11-21)9-7-14;1-3-5-6-4-2;1-4-5(2)3/h13-14,16,22-23,26H,5-12,15,17H2,1-4H3;2-5,10-11,14H,6-9,12H2,1H3;3-6H,1-2H3;4H2,1-3H3/b;;5-3-,6-4-;. The number of fused-ring (bicyclic) bond motifs is 2. The number of nitrogens with one attached hydrogen (secondary N) is 1. The largest absolute Gasteiger partial charge is 0.444 e. The molecule has 3 aliphatic heterocycles. The molecule has 4 aromatic rings. The van der Waals surface area contributed by atoms with Crippen LogP contribution in [0.4, 0.5) is 0 Å². The quantitative estimate of drug-likeness (QED) is 0.0980. The number of amides is 2. The molecule has 1 atom stereocenters. The average Bonchev–Trinajstić information content (AvgIpc) is 3.78. The number of allylic oxidation sites excluding steroid dienone is 4. The van der Waals surface area contributed by atoms with Crippen LogP contribution in [-0.4, -0.2) is 162 Å². The van der Waals surface area contributed by atoms with E-state index in [0.717, 1.165) is 104 Å². The van der Waals surface area contributed by atoms with Gasteiger partial charge in [0.05, 0.1) is 17.1 Å². The molecular formula is C53H79N9O7. The summed E-state index contributed by atoms with van der Waals surface area (Å²) in [6.45, 7) is 19.2. The molecule has 7 rings (SSSR count). The number of aryl methyl sites for hydroxylation is 1. The molecule has 16 heteroatoms. The molecule has 0 bridgehead atoms. The van der Waals surface area contributed by atoms with Crippen LogP contribution in [0.2, 0.25) is 0 Å². The van der Waals surface area contributed by atoms with E-state index in [4.69, 9.17) is 9.47 Å². The van der Waals surface area contributed by atoms with Crippen molar-refractivity contribution >= 4 is 46.1 Å². The fourth-order valence-corrected chi connectivity index (χ4v) is 8.68. The van der Waals surface area contributed by atoms with E-state index >= 15 is 0 Å². The first-order chi connectivity index (χ1) is 33.1. The van der Waals surface area contributed by atoms with Crippen LogP contribution in [0.3, 0.4) is 0 Å². The number of piperidine rings is 2. The average molecular weight is 954 g/mol. The zero-order chi connectivity index (χ0) is 50.5. The number of hydrogen-bond acceptors (Lipinski definition) is 12. The van der Waals surface area contributed by atoms with Gasteiger partial charge in [-0.3, -0.25) is 33.4 Å². The number of pyridine rings is 1. The first kappa shape index (κ1) is 55.9. The predicted molar refractivity (Wildman–Crippen MR) is 275 cm³/mol. The van der Waals surface area contributed by atoms with Crippen LogP contribution >= 0.6 is 0 Å². The number of esters is 2. The molecule has 0 aliphatic carbocycles. The molecule has 3 aliphatic rings. The van der Waals surface area contributed by atoms with Gasteiger partial charge in [0, 0.05) is 76.3 Å². The highest BCUT2D eigenvalue weighted by Gasteiger charge is 2.31. The van der Waals surface area contributed by atoms with Gasteiger partial charge in [-0.15, -0.1) is 0 Å². The number of para-hydroxylation sites is 1. The molecule has 3 fully saturated rings. The smallest absolute Gasteiger partial charge is 0.304 e. The van der Waals surface area contributed by atoms with Crippen LogP contribution in [-0.2, 0) is 48.5 Å². The van der Waals surface area contributed by atoms with Crippen molar-refractivity contribution in [2.45, 2.75) is 105 Å². The lowest BCUT2D eigenvalue weighted by Crippen LogP contribution is -2.57. The maximum Gasteiger partial charge on any atom is 0.304 e. The van der Waals surface area contributed by atoms with Crippen molar-refractivity contribution < 1.29 is 28.7 Å². The zero-order valence-corrected chi connectivity index (χ0v) is 43.0. The summed E-state index contributed by atoms with van der Waals surface area (Å²) in [6.07, 6.45) is 15.3. The molecule has 0 spiro atoms. The summed E-state index contributed by atoms with van der Waals surface area (Å²) in [7, 11) is 8.17. The summed E-state index contributed by atoms with van der Waals surface area (Å²) in [5.41, 5.74) is 4.37. The van der Waals surface area contributed by atoms with Crippen LogP contribution in [0, 0.1) is 6.92 Å². The Balaban J connectivity index is 0.000000256. The van der Waals surface area contributed by atoms with Gasteiger partial charge in [0.25, 0.3) is 5.56 Å². The van der Waals surface area contributed by atoms with Crippen molar-refractivity contribution in [1.29, 1.82) is 0 Å². The van der Waals surface area contributed by atoms with E-state index in [1.54, 1.807) is 9.58 Å². The molecule has 16 nitrogen and oxygen atoms in total. The lowest BCUT2D eigenvalue weighted by molar-refractivity contribution is -0.145. The topological polar surface area (TPSA) is 155 Å². The molecule has 3 saturated heterocycles. The van der Waals surface area contributed by atoms with Crippen molar-refractivity contribution in [2.24, 2.45) is 0 Å². The summed E-state index contributed by atoms with van der Waals surface area (Å²) in [5, 5.41) is 9.69. The monoisotopic (exact) mass is 954 g/mol. The summed E-state index contributed by atoms with van der Waals surface area (Å²) in [5.74, 6) is -0.467. The van der Waals surface area contributed by atoms with Crippen LogP contribution in [0.15, 0.2) is 77.8 Å². The second-order valence-corrected chi connectivity index (χ2v) is 18.2. The Hall–Kier alpha value is -5.68. The van der Waals surface area contributed by atoms with Gasteiger partial charge in [0.15, 0.2) is 13.5 Å². The Morgan fingerprint density at radius 3 is 2.03 bits per heavy atom. The number of ether oxygens (including phenoxy) is 2. The fraction of sp³-hybridized carbons (Fsp3) is 0.547. The second-order valence-electron chi connectivity index (χ2n) is 18.2. The highest BCUT2D eigenvalue weighted by atomic mass is 16.5. The number of likely N-dealkylation sites (tertiary alicyclic amines) is 2. The molecule has 0 saturated carbocycles. The van der Waals surface area contributed by atoms with Crippen LogP contribution in [0.25, 0.3) is 21.8 Å². The molecule has 0 radical (unpaired) electrons. The number of aromatic nitrogens is 3. The Labute approximate surface area is 409 Å². The lowest BCUT2D eigenvalue weighted by Gasteiger charge is -2.42. The van der Waals surface area contributed by atoms with Gasteiger partial charge in [-0.2, -0.15) is 5.10 Å². The third-order valence-electron chi connectivity index (χ3n) is 12.9. The minimum Gasteiger partial charge on any atom is -0.444 e. The Bertz CT molecular complexity index is 2360. The lowest BCUT2D eigenvalue weighted by atomic mass is 9.89.